The van der Waals surface area contributed by atoms with E-state index in [4.69, 9.17) is 4.74 Å². The number of benzene rings is 1. The molecule has 1 aliphatic rings. The van der Waals surface area contributed by atoms with Crippen molar-refractivity contribution in [2.75, 3.05) is 19.8 Å². The van der Waals surface area contributed by atoms with E-state index in [-0.39, 0.29) is 36.3 Å². The quantitative estimate of drug-likeness (QED) is 0.626. The smallest absolute Gasteiger partial charge is 0.253 e. The van der Waals surface area contributed by atoms with Crippen molar-refractivity contribution in [1.29, 1.82) is 0 Å². The van der Waals surface area contributed by atoms with Gasteiger partial charge in [0.1, 0.15) is 11.5 Å². The summed E-state index contributed by atoms with van der Waals surface area (Å²) in [6.07, 6.45) is 3.03. The predicted molar refractivity (Wildman–Crippen MR) is 111 cm³/mol. The van der Waals surface area contributed by atoms with E-state index in [9.17, 15) is 14.0 Å². The number of morpholine rings is 1. The van der Waals surface area contributed by atoms with E-state index in [0.29, 0.717) is 25.4 Å². The van der Waals surface area contributed by atoms with Gasteiger partial charge >= 0.3 is 0 Å². The maximum atomic E-state index is 14.4. The molecule has 1 unspecified atom stereocenters. The van der Waals surface area contributed by atoms with Gasteiger partial charge in [-0.25, -0.2) is 14.1 Å². The molecule has 8 nitrogen and oxygen atoms in total. The Hall–Kier alpha value is -3.33. The first kappa shape index (κ1) is 20.9. The zero-order chi connectivity index (χ0) is 22.0. The number of aryl methyl sites for hydroxylation is 2. The average Bonchev–Trinajstić information content (AvgIpc) is 3.07. The normalized spacial score (nSPS) is 16.5. The molecule has 1 aliphatic heterocycles. The lowest BCUT2D eigenvalue weighted by Crippen LogP contribution is -2.44. The second-order valence-electron chi connectivity index (χ2n) is 7.49. The van der Waals surface area contributed by atoms with Crippen molar-refractivity contribution in [3.63, 3.8) is 0 Å². The lowest BCUT2D eigenvalue weighted by atomic mass is 10.0. The number of hydrogen-bond donors (Lipinski definition) is 0. The van der Waals surface area contributed by atoms with Crippen LogP contribution in [0.1, 0.15) is 29.4 Å². The lowest BCUT2D eigenvalue weighted by Gasteiger charge is -2.36. The summed E-state index contributed by atoms with van der Waals surface area (Å²) in [5.41, 5.74) is 2.51. The van der Waals surface area contributed by atoms with E-state index in [1.807, 2.05) is 13.8 Å². The monoisotopic (exact) mass is 425 g/mol. The molecule has 162 valence electrons. The van der Waals surface area contributed by atoms with E-state index in [0.717, 1.165) is 17.0 Å². The molecule has 1 saturated heterocycles. The zero-order valence-electron chi connectivity index (χ0n) is 17.5. The van der Waals surface area contributed by atoms with Crippen LogP contribution in [0.5, 0.6) is 0 Å². The van der Waals surface area contributed by atoms with Crippen molar-refractivity contribution < 1.29 is 13.9 Å². The van der Waals surface area contributed by atoms with Crippen LogP contribution >= 0.6 is 0 Å². The standard InChI is InChI=1S/C22H24FN5O3/c1-15-22(16(2)28(25-15)18-6-4-3-5-17(18)23)19-13-31-12-11-27(19)21(30)8-10-26-14-24-9-7-20(26)29/h3-7,9,14,19H,8,10-13H2,1-2H3. The molecule has 0 spiro atoms. The average molecular weight is 425 g/mol. The van der Waals surface area contributed by atoms with Crippen molar-refractivity contribution in [3.8, 4) is 5.69 Å². The summed E-state index contributed by atoms with van der Waals surface area (Å²) in [6.45, 7) is 5.19. The van der Waals surface area contributed by atoms with Crippen molar-refractivity contribution >= 4 is 5.91 Å². The van der Waals surface area contributed by atoms with Crippen molar-refractivity contribution in [3.05, 3.63) is 76.0 Å². The number of nitrogens with zero attached hydrogens (tertiary/aromatic N) is 5. The van der Waals surface area contributed by atoms with Gasteiger partial charge in [-0.1, -0.05) is 12.1 Å². The van der Waals surface area contributed by atoms with Gasteiger partial charge in [0, 0.05) is 43.0 Å². The SMILES string of the molecule is Cc1nn(-c2ccccc2F)c(C)c1C1COCCN1C(=O)CCn1cnccc1=O. The molecule has 1 aromatic carbocycles. The van der Waals surface area contributed by atoms with E-state index in [1.165, 1.54) is 29.2 Å². The molecule has 0 saturated carbocycles. The first-order valence-electron chi connectivity index (χ1n) is 10.2. The van der Waals surface area contributed by atoms with E-state index in [1.54, 1.807) is 27.8 Å². The fraction of sp³-hybridized carbons (Fsp3) is 0.364. The van der Waals surface area contributed by atoms with Crippen LogP contribution in [-0.2, 0) is 16.1 Å². The highest BCUT2D eigenvalue weighted by atomic mass is 19.1. The molecule has 0 aliphatic carbocycles. The molecule has 2 aromatic heterocycles. The molecule has 3 aromatic rings. The Bertz CT molecular complexity index is 1160. The highest BCUT2D eigenvalue weighted by Crippen LogP contribution is 2.31. The van der Waals surface area contributed by atoms with Crippen LogP contribution < -0.4 is 5.56 Å². The third-order valence-corrected chi connectivity index (χ3v) is 5.57. The van der Waals surface area contributed by atoms with Crippen LogP contribution in [-0.4, -0.2) is 49.9 Å². The van der Waals surface area contributed by atoms with Crippen LogP contribution in [0.2, 0.25) is 0 Å². The van der Waals surface area contributed by atoms with Crippen LogP contribution in [0.15, 0.2) is 47.7 Å². The number of ether oxygens (including phenoxy) is 1. The predicted octanol–water partition coefficient (Wildman–Crippen LogP) is 2.18. The summed E-state index contributed by atoms with van der Waals surface area (Å²) < 4.78 is 23.0. The van der Waals surface area contributed by atoms with Gasteiger partial charge < -0.3 is 9.64 Å². The molecule has 1 atom stereocenters. The number of amides is 1. The fourth-order valence-corrected chi connectivity index (χ4v) is 4.04. The fourth-order valence-electron chi connectivity index (χ4n) is 4.04. The van der Waals surface area contributed by atoms with Crippen LogP contribution in [0.4, 0.5) is 4.39 Å². The zero-order valence-corrected chi connectivity index (χ0v) is 17.5. The second kappa shape index (κ2) is 8.81. The summed E-state index contributed by atoms with van der Waals surface area (Å²) >= 11 is 0. The van der Waals surface area contributed by atoms with Gasteiger partial charge in [0.25, 0.3) is 5.56 Å². The van der Waals surface area contributed by atoms with Crippen molar-refractivity contribution in [2.24, 2.45) is 0 Å². The first-order valence-corrected chi connectivity index (χ1v) is 10.2. The molecule has 3 heterocycles. The van der Waals surface area contributed by atoms with Gasteiger partial charge in [-0.05, 0) is 26.0 Å². The molecule has 0 bridgehead atoms. The maximum Gasteiger partial charge on any atom is 0.253 e. The molecule has 9 heteroatoms. The molecule has 0 N–H and O–H groups in total. The summed E-state index contributed by atoms with van der Waals surface area (Å²) in [6, 6.07) is 7.50. The third kappa shape index (κ3) is 4.13. The maximum absolute atomic E-state index is 14.4. The van der Waals surface area contributed by atoms with Crippen molar-refractivity contribution in [1.82, 2.24) is 24.2 Å². The molecular formula is C22H24FN5O3. The largest absolute Gasteiger partial charge is 0.377 e. The third-order valence-electron chi connectivity index (χ3n) is 5.57. The summed E-state index contributed by atoms with van der Waals surface area (Å²) in [5, 5.41) is 4.54. The minimum absolute atomic E-state index is 0.0819. The number of rotatable bonds is 5. The Morgan fingerprint density at radius 3 is 2.84 bits per heavy atom. The van der Waals surface area contributed by atoms with Gasteiger partial charge in [-0.3, -0.25) is 14.2 Å². The highest BCUT2D eigenvalue weighted by molar-refractivity contribution is 5.77. The van der Waals surface area contributed by atoms with Gasteiger partial charge in [-0.15, -0.1) is 0 Å². The van der Waals surface area contributed by atoms with Gasteiger partial charge in [0.05, 0.1) is 31.3 Å². The molecular weight excluding hydrogens is 401 g/mol. The molecule has 0 radical (unpaired) electrons. The summed E-state index contributed by atoms with van der Waals surface area (Å²) in [7, 11) is 0. The Morgan fingerprint density at radius 1 is 1.26 bits per heavy atom. The van der Waals surface area contributed by atoms with E-state index in [2.05, 4.69) is 10.1 Å². The van der Waals surface area contributed by atoms with E-state index < -0.39 is 0 Å². The number of aromatic nitrogens is 4. The van der Waals surface area contributed by atoms with Gasteiger partial charge in [-0.2, -0.15) is 5.10 Å². The molecule has 1 amide bonds. The summed E-state index contributed by atoms with van der Waals surface area (Å²) in [5.74, 6) is -0.448. The van der Waals surface area contributed by atoms with Crippen LogP contribution in [0.25, 0.3) is 5.69 Å². The summed E-state index contributed by atoms with van der Waals surface area (Å²) in [4.78, 5) is 30.7. The number of para-hydroxylation sites is 1. The molecule has 4 rings (SSSR count). The highest BCUT2D eigenvalue weighted by Gasteiger charge is 2.33. The molecule has 31 heavy (non-hydrogen) atoms. The van der Waals surface area contributed by atoms with Crippen LogP contribution in [0, 0.1) is 19.7 Å². The minimum atomic E-state index is -0.366. The van der Waals surface area contributed by atoms with Gasteiger partial charge in [0.2, 0.25) is 5.91 Å². The van der Waals surface area contributed by atoms with Gasteiger partial charge in [0.15, 0.2) is 0 Å². The lowest BCUT2D eigenvalue weighted by molar-refractivity contribution is -0.140. The topological polar surface area (TPSA) is 82.2 Å². The number of hydrogen-bond acceptors (Lipinski definition) is 5. The van der Waals surface area contributed by atoms with E-state index >= 15 is 0 Å². The number of halogens is 1. The van der Waals surface area contributed by atoms with Crippen LogP contribution in [0.3, 0.4) is 0 Å². The molecule has 1 fully saturated rings. The number of carbonyl (C=O) groups excluding carboxylic acids is 1. The minimum Gasteiger partial charge on any atom is -0.377 e. The first-order chi connectivity index (χ1) is 15.0. The Labute approximate surface area is 178 Å². The van der Waals surface area contributed by atoms with Crippen molar-refractivity contribution in [2.45, 2.75) is 32.9 Å². The Morgan fingerprint density at radius 2 is 2.06 bits per heavy atom. The number of carbonyl (C=O) groups is 1. The Balaban J connectivity index is 1.60. The second-order valence-corrected chi connectivity index (χ2v) is 7.49. The Kier molecular flexibility index (Phi) is 5.94.